The molecule has 1 saturated carbocycles. The zero-order chi connectivity index (χ0) is 20.2. The third-order valence-corrected chi connectivity index (χ3v) is 5.66. The van der Waals surface area contributed by atoms with Crippen molar-refractivity contribution in [3.05, 3.63) is 80.8 Å². The Morgan fingerprint density at radius 3 is 2.66 bits per heavy atom. The standard InChI is InChI=1S/C22H20ClN3O2S/c23-16-3-1-2-14(10-16)11-21-25-19(13-29-21)12-20(27)24-17-6-4-15(5-7-17)22(28)26-18-8-9-18/h1-7,10,13,18H,8-9,11-12H2,(H,24,27)(H,26,28). The second kappa shape index (κ2) is 8.76. The summed E-state index contributed by atoms with van der Waals surface area (Å²) >= 11 is 7.56. The smallest absolute Gasteiger partial charge is 0.251 e. The number of carbonyl (C=O) groups is 2. The van der Waals surface area contributed by atoms with Gasteiger partial charge in [-0.05, 0) is 54.8 Å². The average molecular weight is 426 g/mol. The fourth-order valence-corrected chi connectivity index (χ4v) is 3.94. The predicted octanol–water partition coefficient (Wildman–Crippen LogP) is 4.46. The van der Waals surface area contributed by atoms with Gasteiger partial charge in [0.05, 0.1) is 17.1 Å². The van der Waals surface area contributed by atoms with Gasteiger partial charge in [0.25, 0.3) is 5.91 Å². The topological polar surface area (TPSA) is 71.1 Å². The molecule has 4 rings (SSSR count). The van der Waals surface area contributed by atoms with E-state index in [0.29, 0.717) is 28.7 Å². The molecule has 0 atom stereocenters. The highest BCUT2D eigenvalue weighted by atomic mass is 35.5. The molecule has 2 N–H and O–H groups in total. The molecule has 3 aromatic rings. The van der Waals surface area contributed by atoms with Crippen molar-refractivity contribution in [3.8, 4) is 0 Å². The maximum absolute atomic E-state index is 12.3. The van der Waals surface area contributed by atoms with Gasteiger partial charge < -0.3 is 10.6 Å². The number of amides is 2. The summed E-state index contributed by atoms with van der Waals surface area (Å²) in [6.45, 7) is 0. The number of hydrogen-bond donors (Lipinski definition) is 2. The number of rotatable bonds is 7. The molecule has 1 aliphatic carbocycles. The number of halogens is 1. The van der Waals surface area contributed by atoms with Gasteiger partial charge in [-0.3, -0.25) is 9.59 Å². The van der Waals surface area contributed by atoms with E-state index in [0.717, 1.165) is 29.1 Å². The predicted molar refractivity (Wildman–Crippen MR) is 116 cm³/mol. The number of anilines is 1. The first-order valence-electron chi connectivity index (χ1n) is 9.44. The summed E-state index contributed by atoms with van der Waals surface area (Å²) in [4.78, 5) is 28.9. The molecule has 0 bridgehead atoms. The Labute approximate surface area is 178 Å². The van der Waals surface area contributed by atoms with Crippen molar-refractivity contribution in [2.75, 3.05) is 5.32 Å². The van der Waals surface area contributed by atoms with Gasteiger partial charge in [0, 0.05) is 34.1 Å². The average Bonchev–Trinajstić information content (AvgIpc) is 3.40. The van der Waals surface area contributed by atoms with Crippen LogP contribution < -0.4 is 10.6 Å². The first kappa shape index (κ1) is 19.6. The van der Waals surface area contributed by atoms with Crippen molar-refractivity contribution in [2.24, 2.45) is 0 Å². The Hall–Kier alpha value is -2.70. The lowest BCUT2D eigenvalue weighted by Crippen LogP contribution is -2.25. The minimum Gasteiger partial charge on any atom is -0.349 e. The number of carbonyl (C=O) groups excluding carboxylic acids is 2. The normalized spacial score (nSPS) is 13.1. The van der Waals surface area contributed by atoms with Crippen LogP contribution in [-0.4, -0.2) is 22.8 Å². The maximum atomic E-state index is 12.3. The summed E-state index contributed by atoms with van der Waals surface area (Å²) in [6.07, 6.45) is 3.00. The molecule has 0 unspecified atom stereocenters. The minimum absolute atomic E-state index is 0.0694. The minimum atomic E-state index is -0.139. The maximum Gasteiger partial charge on any atom is 0.251 e. The van der Waals surface area contributed by atoms with E-state index in [1.54, 1.807) is 24.3 Å². The summed E-state index contributed by atoms with van der Waals surface area (Å²) in [6, 6.07) is 14.9. The van der Waals surface area contributed by atoms with Crippen molar-refractivity contribution in [3.63, 3.8) is 0 Å². The molecule has 29 heavy (non-hydrogen) atoms. The lowest BCUT2D eigenvalue weighted by Gasteiger charge is -2.06. The molecule has 1 aromatic heterocycles. The third kappa shape index (κ3) is 5.65. The Morgan fingerprint density at radius 1 is 1.14 bits per heavy atom. The molecule has 0 aliphatic heterocycles. The fourth-order valence-electron chi connectivity index (χ4n) is 2.90. The van der Waals surface area contributed by atoms with Gasteiger partial charge >= 0.3 is 0 Å². The number of nitrogens with zero attached hydrogens (tertiary/aromatic N) is 1. The van der Waals surface area contributed by atoms with Crippen LogP contribution in [0.25, 0.3) is 0 Å². The van der Waals surface area contributed by atoms with Gasteiger partial charge in [0.15, 0.2) is 0 Å². The van der Waals surface area contributed by atoms with Gasteiger partial charge in [-0.1, -0.05) is 23.7 Å². The number of benzene rings is 2. The van der Waals surface area contributed by atoms with E-state index in [2.05, 4.69) is 15.6 Å². The quantitative estimate of drug-likeness (QED) is 0.587. The Kier molecular flexibility index (Phi) is 5.92. The molecule has 5 nitrogen and oxygen atoms in total. The van der Waals surface area contributed by atoms with Crippen molar-refractivity contribution in [1.29, 1.82) is 0 Å². The zero-order valence-electron chi connectivity index (χ0n) is 15.7. The molecule has 1 fully saturated rings. The summed E-state index contributed by atoms with van der Waals surface area (Å²) in [5.41, 5.74) is 3.09. The molecule has 0 radical (unpaired) electrons. The zero-order valence-corrected chi connectivity index (χ0v) is 17.2. The Morgan fingerprint density at radius 2 is 1.93 bits per heavy atom. The van der Waals surface area contributed by atoms with Crippen LogP contribution in [0, 0.1) is 0 Å². The first-order chi connectivity index (χ1) is 14.0. The number of thiazole rings is 1. The largest absolute Gasteiger partial charge is 0.349 e. The number of aromatic nitrogens is 1. The lowest BCUT2D eigenvalue weighted by atomic mass is 10.1. The van der Waals surface area contributed by atoms with Crippen LogP contribution >= 0.6 is 22.9 Å². The van der Waals surface area contributed by atoms with E-state index in [-0.39, 0.29) is 18.2 Å². The SMILES string of the molecule is O=C(Cc1csc(Cc2cccc(Cl)c2)n1)Nc1ccc(C(=O)NC2CC2)cc1. The number of hydrogen-bond acceptors (Lipinski definition) is 4. The van der Waals surface area contributed by atoms with E-state index < -0.39 is 0 Å². The summed E-state index contributed by atoms with van der Waals surface area (Å²) in [5, 5.41) is 9.35. The van der Waals surface area contributed by atoms with Crippen LogP contribution in [0.15, 0.2) is 53.9 Å². The molecule has 0 spiro atoms. The molecular formula is C22H20ClN3O2S. The summed E-state index contributed by atoms with van der Waals surface area (Å²) < 4.78 is 0. The van der Waals surface area contributed by atoms with Gasteiger partial charge in [-0.15, -0.1) is 11.3 Å². The molecular weight excluding hydrogens is 406 g/mol. The van der Waals surface area contributed by atoms with Crippen molar-refractivity contribution in [1.82, 2.24) is 10.3 Å². The van der Waals surface area contributed by atoms with E-state index in [1.165, 1.54) is 11.3 Å². The summed E-state index contributed by atoms with van der Waals surface area (Å²) in [7, 11) is 0. The molecule has 148 valence electrons. The van der Waals surface area contributed by atoms with Gasteiger partial charge in [-0.25, -0.2) is 4.98 Å². The van der Waals surface area contributed by atoms with Crippen LogP contribution in [0.5, 0.6) is 0 Å². The molecule has 1 heterocycles. The Bertz CT molecular complexity index is 1030. The van der Waals surface area contributed by atoms with Gasteiger partial charge in [-0.2, -0.15) is 0 Å². The van der Waals surface area contributed by atoms with E-state index in [4.69, 9.17) is 11.6 Å². The van der Waals surface area contributed by atoms with Crippen molar-refractivity contribution in [2.45, 2.75) is 31.7 Å². The van der Waals surface area contributed by atoms with Crippen LogP contribution in [0.3, 0.4) is 0 Å². The van der Waals surface area contributed by atoms with E-state index in [1.807, 2.05) is 29.6 Å². The van der Waals surface area contributed by atoms with E-state index >= 15 is 0 Å². The highest BCUT2D eigenvalue weighted by Gasteiger charge is 2.23. The van der Waals surface area contributed by atoms with Crippen LogP contribution in [0.2, 0.25) is 5.02 Å². The summed E-state index contributed by atoms with van der Waals surface area (Å²) in [5.74, 6) is -0.208. The van der Waals surface area contributed by atoms with Crippen molar-refractivity contribution < 1.29 is 9.59 Å². The van der Waals surface area contributed by atoms with Gasteiger partial charge in [0.2, 0.25) is 5.91 Å². The monoisotopic (exact) mass is 425 g/mol. The highest BCUT2D eigenvalue weighted by Crippen LogP contribution is 2.20. The van der Waals surface area contributed by atoms with Crippen LogP contribution in [-0.2, 0) is 17.6 Å². The number of nitrogens with one attached hydrogen (secondary N) is 2. The second-order valence-corrected chi connectivity index (χ2v) is 8.47. The molecule has 7 heteroatoms. The van der Waals surface area contributed by atoms with Crippen LogP contribution in [0.1, 0.15) is 39.5 Å². The Balaban J connectivity index is 1.30. The molecule has 0 saturated heterocycles. The molecule has 1 aliphatic rings. The third-order valence-electron chi connectivity index (χ3n) is 4.53. The lowest BCUT2D eigenvalue weighted by molar-refractivity contribution is -0.115. The van der Waals surface area contributed by atoms with E-state index in [9.17, 15) is 9.59 Å². The van der Waals surface area contributed by atoms with Crippen molar-refractivity contribution >= 4 is 40.4 Å². The van der Waals surface area contributed by atoms with Crippen LogP contribution in [0.4, 0.5) is 5.69 Å². The second-order valence-electron chi connectivity index (χ2n) is 7.09. The fraction of sp³-hybridized carbons (Fsp3) is 0.227. The highest BCUT2D eigenvalue weighted by molar-refractivity contribution is 7.09. The molecule has 2 aromatic carbocycles. The van der Waals surface area contributed by atoms with Gasteiger partial charge in [0.1, 0.15) is 0 Å². The molecule has 2 amide bonds. The first-order valence-corrected chi connectivity index (χ1v) is 10.7.